The molecule has 90 valence electrons. The maximum absolute atomic E-state index is 9.14. The van der Waals surface area contributed by atoms with E-state index in [9.17, 15) is 0 Å². The topological polar surface area (TPSA) is 58.3 Å². The molecule has 0 saturated carbocycles. The van der Waals surface area contributed by atoms with E-state index in [2.05, 4.69) is 19.2 Å². The van der Waals surface area contributed by atoms with Crippen LogP contribution in [0.4, 0.5) is 0 Å². The zero-order valence-electron chi connectivity index (χ0n) is 10.1. The summed E-state index contributed by atoms with van der Waals surface area (Å²) in [6.45, 7) is 6.87. The van der Waals surface area contributed by atoms with Gasteiger partial charge in [0.15, 0.2) is 0 Å². The van der Waals surface area contributed by atoms with E-state index in [1.54, 1.807) is 12.1 Å². The molecule has 0 aliphatic carbocycles. The summed E-state index contributed by atoms with van der Waals surface area (Å²) in [6.07, 6.45) is 0. The fraction of sp³-hybridized carbons (Fsp3) is 0.538. The van der Waals surface area contributed by atoms with Crippen molar-refractivity contribution in [2.45, 2.75) is 20.4 Å². The smallest absolute Gasteiger partial charge is 0.115 e. The Labute approximate surface area is 97.7 Å². The van der Waals surface area contributed by atoms with Crippen molar-refractivity contribution < 1.29 is 5.11 Å². The first-order valence-electron chi connectivity index (χ1n) is 5.82. The van der Waals surface area contributed by atoms with E-state index in [0.29, 0.717) is 17.6 Å². The van der Waals surface area contributed by atoms with Crippen LogP contribution in [-0.2, 0) is 6.54 Å². The van der Waals surface area contributed by atoms with Gasteiger partial charge in [-0.2, -0.15) is 0 Å². The van der Waals surface area contributed by atoms with Gasteiger partial charge in [-0.15, -0.1) is 0 Å². The lowest BCUT2D eigenvalue weighted by Crippen LogP contribution is -2.31. The van der Waals surface area contributed by atoms with Crippen LogP contribution in [0.5, 0.6) is 5.75 Å². The fourth-order valence-electron chi connectivity index (χ4n) is 1.61. The molecule has 0 aliphatic heterocycles. The lowest BCUT2D eigenvalue weighted by atomic mass is 9.96. The van der Waals surface area contributed by atoms with Gasteiger partial charge in [0.25, 0.3) is 0 Å². The second kappa shape index (κ2) is 6.51. The summed E-state index contributed by atoms with van der Waals surface area (Å²) in [5.74, 6) is 1.44. The molecule has 0 radical (unpaired) electrons. The first-order chi connectivity index (χ1) is 7.63. The Morgan fingerprint density at radius 2 is 1.88 bits per heavy atom. The van der Waals surface area contributed by atoms with E-state index in [-0.39, 0.29) is 0 Å². The highest BCUT2D eigenvalue weighted by Gasteiger charge is 2.10. The van der Waals surface area contributed by atoms with Crippen molar-refractivity contribution in [1.82, 2.24) is 5.32 Å². The van der Waals surface area contributed by atoms with Crippen LogP contribution in [-0.4, -0.2) is 18.2 Å². The van der Waals surface area contributed by atoms with Crippen LogP contribution in [0.1, 0.15) is 19.4 Å². The Morgan fingerprint density at radius 1 is 1.25 bits per heavy atom. The third kappa shape index (κ3) is 4.21. The minimum absolute atomic E-state index is 0.311. The standard InChI is InChI=1S/C13H22N2O/c1-10(2)12(7-14)9-15-8-11-3-5-13(16)6-4-11/h3-6,10,12,15-16H,7-9,14H2,1-2H3. The average Bonchev–Trinajstić information content (AvgIpc) is 2.26. The number of hydrogen-bond acceptors (Lipinski definition) is 3. The molecule has 0 fully saturated rings. The van der Waals surface area contributed by atoms with Gasteiger partial charge in [0.05, 0.1) is 0 Å². The molecule has 3 nitrogen and oxygen atoms in total. The Morgan fingerprint density at radius 3 is 2.38 bits per heavy atom. The van der Waals surface area contributed by atoms with Crippen molar-refractivity contribution in [3.05, 3.63) is 29.8 Å². The summed E-state index contributed by atoms with van der Waals surface area (Å²) >= 11 is 0. The highest BCUT2D eigenvalue weighted by atomic mass is 16.3. The Hall–Kier alpha value is -1.06. The van der Waals surface area contributed by atoms with Gasteiger partial charge in [0.2, 0.25) is 0 Å². The van der Waals surface area contributed by atoms with Crippen molar-refractivity contribution in [3.63, 3.8) is 0 Å². The molecule has 0 aliphatic rings. The van der Waals surface area contributed by atoms with Crippen molar-refractivity contribution in [3.8, 4) is 5.75 Å². The Kier molecular flexibility index (Phi) is 5.29. The number of phenolic OH excluding ortho intramolecular Hbond substituents is 1. The van der Waals surface area contributed by atoms with E-state index in [4.69, 9.17) is 10.8 Å². The second-order valence-corrected chi connectivity index (χ2v) is 4.54. The minimum atomic E-state index is 0.311. The summed E-state index contributed by atoms with van der Waals surface area (Å²) in [4.78, 5) is 0. The third-order valence-electron chi connectivity index (χ3n) is 2.92. The van der Waals surface area contributed by atoms with Crippen LogP contribution >= 0.6 is 0 Å². The third-order valence-corrected chi connectivity index (χ3v) is 2.92. The first kappa shape index (κ1) is 13.0. The van der Waals surface area contributed by atoms with Crippen LogP contribution in [0, 0.1) is 11.8 Å². The monoisotopic (exact) mass is 222 g/mol. The van der Waals surface area contributed by atoms with E-state index in [0.717, 1.165) is 19.6 Å². The predicted molar refractivity (Wildman–Crippen MR) is 67.2 cm³/mol. The maximum atomic E-state index is 9.14. The largest absolute Gasteiger partial charge is 0.508 e. The molecule has 1 unspecified atom stereocenters. The second-order valence-electron chi connectivity index (χ2n) is 4.54. The molecule has 4 N–H and O–H groups in total. The van der Waals surface area contributed by atoms with Gasteiger partial charge < -0.3 is 16.2 Å². The van der Waals surface area contributed by atoms with Gasteiger partial charge in [-0.3, -0.25) is 0 Å². The number of rotatable bonds is 6. The highest BCUT2D eigenvalue weighted by molar-refractivity contribution is 5.25. The number of nitrogens with one attached hydrogen (secondary N) is 1. The summed E-state index contributed by atoms with van der Waals surface area (Å²) in [7, 11) is 0. The van der Waals surface area contributed by atoms with Crippen LogP contribution in [0.3, 0.4) is 0 Å². The molecule has 1 aromatic carbocycles. The van der Waals surface area contributed by atoms with Crippen LogP contribution < -0.4 is 11.1 Å². The van der Waals surface area contributed by atoms with Gasteiger partial charge in [-0.25, -0.2) is 0 Å². The quantitative estimate of drug-likeness (QED) is 0.687. The molecule has 1 rings (SSSR count). The Balaban J connectivity index is 2.32. The molecule has 3 heteroatoms. The maximum Gasteiger partial charge on any atom is 0.115 e. The first-order valence-corrected chi connectivity index (χ1v) is 5.82. The number of phenols is 1. The fourth-order valence-corrected chi connectivity index (χ4v) is 1.61. The molecule has 16 heavy (non-hydrogen) atoms. The molecule has 0 bridgehead atoms. The van der Waals surface area contributed by atoms with Gasteiger partial charge in [-0.05, 0) is 42.6 Å². The van der Waals surface area contributed by atoms with Crippen LogP contribution in [0.2, 0.25) is 0 Å². The number of aromatic hydroxyl groups is 1. The number of benzene rings is 1. The van der Waals surface area contributed by atoms with Crippen LogP contribution in [0.15, 0.2) is 24.3 Å². The highest BCUT2D eigenvalue weighted by Crippen LogP contribution is 2.10. The summed E-state index contributed by atoms with van der Waals surface area (Å²) in [6, 6.07) is 7.27. The molecule has 0 saturated heterocycles. The zero-order chi connectivity index (χ0) is 12.0. The van der Waals surface area contributed by atoms with Crippen molar-refractivity contribution in [1.29, 1.82) is 0 Å². The molecule has 0 heterocycles. The SMILES string of the molecule is CC(C)C(CN)CNCc1ccc(O)cc1. The van der Waals surface area contributed by atoms with E-state index < -0.39 is 0 Å². The number of nitrogens with two attached hydrogens (primary N) is 1. The van der Waals surface area contributed by atoms with Crippen LogP contribution in [0.25, 0.3) is 0 Å². The summed E-state index contributed by atoms with van der Waals surface area (Å²) < 4.78 is 0. The molecule has 0 aromatic heterocycles. The van der Waals surface area contributed by atoms with Gasteiger partial charge in [-0.1, -0.05) is 26.0 Å². The van der Waals surface area contributed by atoms with Gasteiger partial charge in [0, 0.05) is 6.54 Å². The normalized spacial score (nSPS) is 13.0. The Bertz CT molecular complexity index is 295. The van der Waals surface area contributed by atoms with Crippen molar-refractivity contribution >= 4 is 0 Å². The van der Waals surface area contributed by atoms with Gasteiger partial charge >= 0.3 is 0 Å². The molecular formula is C13H22N2O. The van der Waals surface area contributed by atoms with Gasteiger partial charge in [0.1, 0.15) is 5.75 Å². The van der Waals surface area contributed by atoms with E-state index in [1.807, 2.05) is 12.1 Å². The molecular weight excluding hydrogens is 200 g/mol. The molecule has 1 aromatic rings. The molecule has 0 amide bonds. The zero-order valence-corrected chi connectivity index (χ0v) is 10.1. The molecule has 1 atom stereocenters. The summed E-state index contributed by atoms with van der Waals surface area (Å²) in [5, 5.41) is 12.5. The predicted octanol–water partition coefficient (Wildman–Crippen LogP) is 1.71. The number of hydrogen-bond donors (Lipinski definition) is 3. The van der Waals surface area contributed by atoms with E-state index >= 15 is 0 Å². The average molecular weight is 222 g/mol. The lowest BCUT2D eigenvalue weighted by Gasteiger charge is -2.19. The van der Waals surface area contributed by atoms with Crippen molar-refractivity contribution in [2.24, 2.45) is 17.6 Å². The lowest BCUT2D eigenvalue weighted by molar-refractivity contribution is 0.370. The summed E-state index contributed by atoms with van der Waals surface area (Å²) in [5.41, 5.74) is 6.88. The van der Waals surface area contributed by atoms with E-state index in [1.165, 1.54) is 5.56 Å². The molecule has 0 spiro atoms. The minimum Gasteiger partial charge on any atom is -0.508 e. The van der Waals surface area contributed by atoms with Crippen molar-refractivity contribution in [2.75, 3.05) is 13.1 Å².